The zero-order chi connectivity index (χ0) is 18.7. The number of carbonyl (C=O) groups is 1. The van der Waals surface area contributed by atoms with Gasteiger partial charge in [0.1, 0.15) is 11.3 Å². The third kappa shape index (κ3) is 3.32. The fourth-order valence-electron chi connectivity index (χ4n) is 2.49. The number of rotatable bonds is 5. The van der Waals surface area contributed by atoms with Crippen molar-refractivity contribution >= 4 is 5.91 Å². The Morgan fingerprint density at radius 1 is 1.15 bits per heavy atom. The monoisotopic (exact) mass is 354 g/mol. The summed E-state index contributed by atoms with van der Waals surface area (Å²) in [5, 5.41) is 6.90. The molecule has 3 aromatic heterocycles. The minimum absolute atomic E-state index is 0.0533. The van der Waals surface area contributed by atoms with Gasteiger partial charge >= 0.3 is 5.69 Å². The molecule has 134 valence electrons. The third-order valence-electron chi connectivity index (χ3n) is 3.91. The van der Waals surface area contributed by atoms with Crippen LogP contribution in [0, 0.1) is 0 Å². The second kappa shape index (κ2) is 7.18. The van der Waals surface area contributed by atoms with Crippen LogP contribution < -0.4 is 16.6 Å². The molecule has 0 fully saturated rings. The number of aromatic nitrogens is 5. The molecule has 0 aromatic carbocycles. The summed E-state index contributed by atoms with van der Waals surface area (Å²) in [5.41, 5.74) is -0.0480. The molecule has 3 rings (SSSR count). The van der Waals surface area contributed by atoms with Gasteiger partial charge in [0.2, 0.25) is 0 Å². The molecule has 0 unspecified atom stereocenters. The van der Waals surface area contributed by atoms with Crippen molar-refractivity contribution < 1.29 is 4.79 Å². The van der Waals surface area contributed by atoms with Gasteiger partial charge in [-0.05, 0) is 24.3 Å². The minimum atomic E-state index is -0.486. The Morgan fingerprint density at radius 2 is 1.96 bits per heavy atom. The van der Waals surface area contributed by atoms with Crippen molar-refractivity contribution in [2.75, 3.05) is 6.54 Å². The topological polar surface area (TPSA) is 104 Å². The summed E-state index contributed by atoms with van der Waals surface area (Å²) in [6.07, 6.45) is 3.20. The van der Waals surface area contributed by atoms with Gasteiger partial charge < -0.3 is 9.88 Å². The molecule has 0 radical (unpaired) electrons. The predicted octanol–water partition coefficient (Wildman–Crippen LogP) is -0.227. The van der Waals surface area contributed by atoms with Crippen LogP contribution in [-0.2, 0) is 20.6 Å². The molecule has 0 bridgehead atoms. The quantitative estimate of drug-likeness (QED) is 0.682. The molecule has 26 heavy (non-hydrogen) atoms. The van der Waals surface area contributed by atoms with E-state index in [0.29, 0.717) is 11.5 Å². The SMILES string of the molecule is Cn1cccc(C(=O)NCCn2nc(-c3ccccn3)n(C)c2=O)c1=O. The lowest BCUT2D eigenvalue weighted by Gasteiger charge is -2.05. The minimum Gasteiger partial charge on any atom is -0.350 e. The maximum Gasteiger partial charge on any atom is 0.346 e. The Balaban J connectivity index is 1.71. The molecule has 0 atom stereocenters. The number of nitrogens with one attached hydrogen (secondary N) is 1. The molecular weight excluding hydrogens is 336 g/mol. The molecule has 1 N–H and O–H groups in total. The van der Waals surface area contributed by atoms with Gasteiger partial charge in [-0.25, -0.2) is 9.48 Å². The predicted molar refractivity (Wildman–Crippen MR) is 94.7 cm³/mol. The Bertz CT molecular complexity index is 1050. The second-order valence-electron chi connectivity index (χ2n) is 5.70. The van der Waals surface area contributed by atoms with Gasteiger partial charge in [0.05, 0.1) is 6.54 Å². The van der Waals surface area contributed by atoms with Crippen molar-refractivity contribution in [1.82, 2.24) is 29.2 Å². The number of carbonyl (C=O) groups excluding carboxylic acids is 1. The molecule has 3 aromatic rings. The first kappa shape index (κ1) is 17.3. The Labute approximate surface area is 148 Å². The standard InChI is InChI=1S/C17H18N6O3/c1-21-10-5-6-12(16(21)25)15(24)19-9-11-23-17(26)22(2)14(20-23)13-7-3-4-8-18-13/h3-8,10H,9,11H2,1-2H3,(H,19,24). The van der Waals surface area contributed by atoms with E-state index in [1.165, 1.54) is 19.9 Å². The van der Waals surface area contributed by atoms with Crippen molar-refractivity contribution in [3.63, 3.8) is 0 Å². The van der Waals surface area contributed by atoms with Crippen molar-refractivity contribution in [1.29, 1.82) is 0 Å². The highest BCUT2D eigenvalue weighted by Gasteiger charge is 2.14. The van der Waals surface area contributed by atoms with E-state index in [2.05, 4.69) is 15.4 Å². The van der Waals surface area contributed by atoms with E-state index >= 15 is 0 Å². The molecule has 0 aliphatic carbocycles. The van der Waals surface area contributed by atoms with Crippen LogP contribution >= 0.6 is 0 Å². The summed E-state index contributed by atoms with van der Waals surface area (Å²) in [7, 11) is 3.19. The van der Waals surface area contributed by atoms with Crippen LogP contribution in [0.3, 0.4) is 0 Å². The fourth-order valence-corrected chi connectivity index (χ4v) is 2.49. The smallest absolute Gasteiger partial charge is 0.346 e. The van der Waals surface area contributed by atoms with Gasteiger partial charge in [-0.2, -0.15) is 0 Å². The largest absolute Gasteiger partial charge is 0.350 e. The van der Waals surface area contributed by atoms with E-state index < -0.39 is 5.91 Å². The first-order valence-corrected chi connectivity index (χ1v) is 7.98. The van der Waals surface area contributed by atoms with Crippen LogP contribution in [0.4, 0.5) is 0 Å². The highest BCUT2D eigenvalue weighted by Crippen LogP contribution is 2.10. The van der Waals surface area contributed by atoms with E-state index in [-0.39, 0.29) is 29.9 Å². The maximum atomic E-state index is 12.3. The van der Waals surface area contributed by atoms with Crippen molar-refractivity contribution in [2.45, 2.75) is 6.54 Å². The zero-order valence-corrected chi connectivity index (χ0v) is 14.4. The van der Waals surface area contributed by atoms with Crippen molar-refractivity contribution in [3.8, 4) is 11.5 Å². The van der Waals surface area contributed by atoms with Crippen LogP contribution in [0.2, 0.25) is 0 Å². The Kier molecular flexibility index (Phi) is 4.78. The van der Waals surface area contributed by atoms with Crippen molar-refractivity contribution in [2.24, 2.45) is 14.1 Å². The molecule has 0 aliphatic heterocycles. The number of nitrogens with zero attached hydrogens (tertiary/aromatic N) is 5. The van der Waals surface area contributed by atoms with Gasteiger partial charge in [0, 0.05) is 33.0 Å². The number of hydrogen-bond donors (Lipinski definition) is 1. The summed E-state index contributed by atoms with van der Waals surface area (Å²) >= 11 is 0. The lowest BCUT2D eigenvalue weighted by Crippen LogP contribution is -2.35. The Hall–Kier alpha value is -3.49. The van der Waals surface area contributed by atoms with Gasteiger partial charge in [0.25, 0.3) is 11.5 Å². The number of amides is 1. The van der Waals surface area contributed by atoms with Crippen LogP contribution in [0.25, 0.3) is 11.5 Å². The first-order valence-electron chi connectivity index (χ1n) is 7.98. The molecule has 0 spiro atoms. The molecule has 0 aliphatic rings. The highest BCUT2D eigenvalue weighted by atomic mass is 16.2. The molecule has 9 heteroatoms. The van der Waals surface area contributed by atoms with E-state index in [9.17, 15) is 14.4 Å². The van der Waals surface area contributed by atoms with Crippen LogP contribution in [0.15, 0.2) is 52.3 Å². The van der Waals surface area contributed by atoms with E-state index in [0.717, 1.165) is 0 Å². The summed E-state index contributed by atoms with van der Waals surface area (Å²) in [4.78, 5) is 40.5. The number of aryl methyl sites for hydroxylation is 1. The first-order chi connectivity index (χ1) is 12.5. The van der Waals surface area contributed by atoms with Crippen molar-refractivity contribution in [3.05, 3.63) is 69.1 Å². The summed E-state index contributed by atoms with van der Waals surface area (Å²) in [6, 6.07) is 8.44. The molecular formula is C17H18N6O3. The van der Waals surface area contributed by atoms with E-state index in [1.54, 1.807) is 44.7 Å². The summed E-state index contributed by atoms with van der Waals surface area (Å²) in [5.74, 6) is -0.0426. The van der Waals surface area contributed by atoms with Crippen LogP contribution in [-0.4, -0.2) is 36.4 Å². The molecule has 1 amide bonds. The normalized spacial score (nSPS) is 10.7. The Morgan fingerprint density at radius 3 is 2.69 bits per heavy atom. The maximum absolute atomic E-state index is 12.3. The highest BCUT2D eigenvalue weighted by molar-refractivity contribution is 5.93. The fraction of sp³-hybridized carbons (Fsp3) is 0.235. The van der Waals surface area contributed by atoms with Crippen LogP contribution in [0.1, 0.15) is 10.4 Å². The lowest BCUT2D eigenvalue weighted by molar-refractivity contribution is 0.0949. The van der Waals surface area contributed by atoms with E-state index in [4.69, 9.17) is 0 Å². The molecule has 0 saturated heterocycles. The summed E-state index contributed by atoms with van der Waals surface area (Å²) in [6.45, 7) is 0.341. The van der Waals surface area contributed by atoms with Crippen LogP contribution in [0.5, 0.6) is 0 Å². The molecule has 3 heterocycles. The van der Waals surface area contributed by atoms with Gasteiger partial charge in [-0.1, -0.05) is 6.07 Å². The number of hydrogen-bond acceptors (Lipinski definition) is 5. The molecule has 0 saturated carbocycles. The van der Waals surface area contributed by atoms with Gasteiger partial charge in [-0.15, -0.1) is 5.10 Å². The van der Waals surface area contributed by atoms with E-state index in [1.807, 2.05) is 6.07 Å². The number of pyridine rings is 2. The second-order valence-corrected chi connectivity index (χ2v) is 5.70. The molecule has 9 nitrogen and oxygen atoms in total. The zero-order valence-electron chi connectivity index (χ0n) is 14.4. The van der Waals surface area contributed by atoms with Gasteiger partial charge in [-0.3, -0.25) is 19.1 Å². The average molecular weight is 354 g/mol. The third-order valence-corrected chi connectivity index (χ3v) is 3.91. The lowest BCUT2D eigenvalue weighted by atomic mass is 10.2. The van der Waals surface area contributed by atoms with Gasteiger partial charge in [0.15, 0.2) is 5.82 Å². The summed E-state index contributed by atoms with van der Waals surface area (Å²) < 4.78 is 3.99. The average Bonchev–Trinajstić information content (AvgIpc) is 2.93.